The average Bonchev–Trinajstić information content (AvgIpc) is 2.32. The Balaban J connectivity index is 2.24. The molecular weight excluding hydrogens is 238 g/mol. The predicted octanol–water partition coefficient (Wildman–Crippen LogP) is 3.19. The van der Waals surface area contributed by atoms with E-state index in [1.54, 1.807) is 0 Å². The van der Waals surface area contributed by atoms with Crippen molar-refractivity contribution in [3.8, 4) is 5.88 Å². The lowest BCUT2D eigenvalue weighted by Gasteiger charge is -2.07. The number of hydrogen-bond donors (Lipinski definition) is 1. The normalized spacial score (nSPS) is 10.1. The van der Waals surface area contributed by atoms with Gasteiger partial charge in [0, 0.05) is 5.69 Å². The van der Waals surface area contributed by atoms with E-state index in [1.807, 2.05) is 31.2 Å². The number of aryl methyl sites for hydroxylation is 1. The van der Waals surface area contributed by atoms with Gasteiger partial charge >= 0.3 is 0 Å². The van der Waals surface area contributed by atoms with Gasteiger partial charge in [0.1, 0.15) is 5.02 Å². The molecular formula is C12H12ClN3O. The Kier molecular flexibility index (Phi) is 3.44. The number of ether oxygens (including phenoxy) is 1. The van der Waals surface area contributed by atoms with Crippen molar-refractivity contribution in [3.63, 3.8) is 0 Å². The van der Waals surface area contributed by atoms with Crippen LogP contribution in [0.25, 0.3) is 0 Å². The maximum absolute atomic E-state index is 5.85. The summed E-state index contributed by atoms with van der Waals surface area (Å²) in [6.45, 7) is 2.02. The van der Waals surface area contributed by atoms with Crippen molar-refractivity contribution in [3.05, 3.63) is 41.0 Å². The second-order valence-electron chi connectivity index (χ2n) is 3.55. The molecule has 0 aliphatic heterocycles. The van der Waals surface area contributed by atoms with Crippen molar-refractivity contribution in [1.29, 1.82) is 0 Å². The SMILES string of the molecule is COc1nc(Nc2cccc(C)c2)ncc1Cl. The Morgan fingerprint density at radius 3 is 2.88 bits per heavy atom. The van der Waals surface area contributed by atoms with E-state index in [-0.39, 0.29) is 0 Å². The summed E-state index contributed by atoms with van der Waals surface area (Å²) in [7, 11) is 1.52. The molecule has 0 amide bonds. The molecule has 0 spiro atoms. The summed E-state index contributed by atoms with van der Waals surface area (Å²) in [5, 5.41) is 3.48. The minimum atomic E-state index is 0.358. The molecule has 0 saturated heterocycles. The zero-order valence-corrected chi connectivity index (χ0v) is 10.3. The fourth-order valence-corrected chi connectivity index (χ4v) is 1.57. The third kappa shape index (κ3) is 2.85. The number of methoxy groups -OCH3 is 1. The lowest BCUT2D eigenvalue weighted by Crippen LogP contribution is -1.99. The minimum Gasteiger partial charge on any atom is -0.480 e. The molecule has 88 valence electrons. The molecule has 0 fully saturated rings. The van der Waals surface area contributed by atoms with E-state index < -0.39 is 0 Å². The molecule has 1 aromatic carbocycles. The molecule has 4 nitrogen and oxygen atoms in total. The van der Waals surface area contributed by atoms with Gasteiger partial charge in [-0.25, -0.2) is 4.98 Å². The number of anilines is 2. The Bertz CT molecular complexity index is 531. The zero-order chi connectivity index (χ0) is 12.3. The summed E-state index contributed by atoms with van der Waals surface area (Å²) >= 11 is 5.85. The van der Waals surface area contributed by atoms with Crippen molar-refractivity contribution in [2.75, 3.05) is 12.4 Å². The Hall–Kier alpha value is -1.81. The number of rotatable bonds is 3. The molecule has 0 atom stereocenters. The number of halogens is 1. The maximum atomic E-state index is 5.85. The van der Waals surface area contributed by atoms with Crippen LogP contribution in [0.3, 0.4) is 0 Å². The van der Waals surface area contributed by atoms with Crippen molar-refractivity contribution >= 4 is 23.2 Å². The molecule has 0 saturated carbocycles. The predicted molar refractivity (Wildman–Crippen MR) is 68.1 cm³/mol. The van der Waals surface area contributed by atoms with Gasteiger partial charge in [0.15, 0.2) is 0 Å². The van der Waals surface area contributed by atoms with Gasteiger partial charge in [-0.15, -0.1) is 0 Å². The molecule has 2 rings (SSSR count). The highest BCUT2D eigenvalue weighted by atomic mass is 35.5. The second kappa shape index (κ2) is 5.01. The highest BCUT2D eigenvalue weighted by Crippen LogP contribution is 2.22. The first kappa shape index (κ1) is 11.7. The summed E-state index contributed by atoms with van der Waals surface area (Å²) in [6, 6.07) is 7.93. The molecule has 0 aliphatic carbocycles. The number of benzene rings is 1. The average molecular weight is 250 g/mol. The van der Waals surface area contributed by atoms with Crippen LogP contribution >= 0.6 is 11.6 Å². The maximum Gasteiger partial charge on any atom is 0.237 e. The van der Waals surface area contributed by atoms with Gasteiger partial charge < -0.3 is 10.1 Å². The Morgan fingerprint density at radius 2 is 2.18 bits per heavy atom. The minimum absolute atomic E-state index is 0.358. The van der Waals surface area contributed by atoms with Crippen LogP contribution in [0.2, 0.25) is 5.02 Å². The molecule has 2 aromatic rings. The van der Waals surface area contributed by atoms with Crippen LogP contribution in [0.5, 0.6) is 5.88 Å². The van der Waals surface area contributed by atoms with Gasteiger partial charge in [0.05, 0.1) is 13.3 Å². The molecule has 1 N–H and O–H groups in total. The van der Waals surface area contributed by atoms with Crippen LogP contribution in [0.4, 0.5) is 11.6 Å². The number of hydrogen-bond acceptors (Lipinski definition) is 4. The van der Waals surface area contributed by atoms with Gasteiger partial charge in [0.2, 0.25) is 11.8 Å². The second-order valence-corrected chi connectivity index (χ2v) is 3.95. The fraction of sp³-hybridized carbons (Fsp3) is 0.167. The first-order chi connectivity index (χ1) is 8.19. The lowest BCUT2D eigenvalue weighted by atomic mass is 10.2. The van der Waals surface area contributed by atoms with E-state index >= 15 is 0 Å². The lowest BCUT2D eigenvalue weighted by molar-refractivity contribution is 0.398. The zero-order valence-electron chi connectivity index (χ0n) is 9.57. The van der Waals surface area contributed by atoms with Crippen LogP contribution in [0.15, 0.2) is 30.5 Å². The molecule has 0 bridgehead atoms. The van der Waals surface area contributed by atoms with Crippen LogP contribution < -0.4 is 10.1 Å². The van der Waals surface area contributed by atoms with E-state index in [0.717, 1.165) is 11.3 Å². The van der Waals surface area contributed by atoms with E-state index in [2.05, 4.69) is 15.3 Å². The molecule has 0 aliphatic rings. The molecule has 0 unspecified atom stereocenters. The highest BCUT2D eigenvalue weighted by Gasteiger charge is 2.05. The molecule has 17 heavy (non-hydrogen) atoms. The smallest absolute Gasteiger partial charge is 0.237 e. The van der Waals surface area contributed by atoms with Gasteiger partial charge in [-0.3, -0.25) is 0 Å². The standard InChI is InChI=1S/C12H12ClN3O/c1-8-4-3-5-9(6-8)15-12-14-7-10(13)11(16-12)17-2/h3-7H,1-2H3,(H,14,15,16). The van der Waals surface area contributed by atoms with Crippen molar-refractivity contribution in [2.24, 2.45) is 0 Å². The van der Waals surface area contributed by atoms with E-state index in [9.17, 15) is 0 Å². The summed E-state index contributed by atoms with van der Waals surface area (Å²) in [5.41, 5.74) is 2.09. The summed E-state index contributed by atoms with van der Waals surface area (Å²) in [6.07, 6.45) is 1.51. The van der Waals surface area contributed by atoms with Gasteiger partial charge in [-0.2, -0.15) is 4.98 Å². The fourth-order valence-electron chi connectivity index (χ4n) is 1.41. The summed E-state index contributed by atoms with van der Waals surface area (Å²) in [4.78, 5) is 8.22. The number of nitrogens with zero attached hydrogens (tertiary/aromatic N) is 2. The van der Waals surface area contributed by atoms with Crippen molar-refractivity contribution in [2.45, 2.75) is 6.92 Å². The van der Waals surface area contributed by atoms with Crippen LogP contribution in [0, 0.1) is 6.92 Å². The molecule has 1 aromatic heterocycles. The quantitative estimate of drug-likeness (QED) is 0.908. The highest BCUT2D eigenvalue weighted by molar-refractivity contribution is 6.31. The third-order valence-corrected chi connectivity index (χ3v) is 2.44. The largest absolute Gasteiger partial charge is 0.480 e. The summed E-state index contributed by atoms with van der Waals surface area (Å²) in [5.74, 6) is 0.814. The van der Waals surface area contributed by atoms with Gasteiger partial charge in [-0.05, 0) is 24.6 Å². The molecule has 0 radical (unpaired) electrons. The first-order valence-corrected chi connectivity index (χ1v) is 5.47. The third-order valence-electron chi connectivity index (χ3n) is 2.18. The van der Waals surface area contributed by atoms with Crippen LogP contribution in [-0.2, 0) is 0 Å². The monoisotopic (exact) mass is 249 g/mol. The topological polar surface area (TPSA) is 47.0 Å². The van der Waals surface area contributed by atoms with E-state index in [1.165, 1.54) is 13.3 Å². The molecule has 1 heterocycles. The van der Waals surface area contributed by atoms with Crippen molar-refractivity contribution in [1.82, 2.24) is 9.97 Å². The number of nitrogens with one attached hydrogen (secondary N) is 1. The number of aromatic nitrogens is 2. The molecule has 5 heteroatoms. The van der Waals surface area contributed by atoms with Crippen LogP contribution in [-0.4, -0.2) is 17.1 Å². The first-order valence-electron chi connectivity index (χ1n) is 5.09. The van der Waals surface area contributed by atoms with Crippen LogP contribution in [0.1, 0.15) is 5.56 Å². The Labute approximate surface area is 105 Å². The Morgan fingerprint density at radius 1 is 1.35 bits per heavy atom. The van der Waals surface area contributed by atoms with Crippen molar-refractivity contribution < 1.29 is 4.74 Å². The summed E-state index contributed by atoms with van der Waals surface area (Å²) < 4.78 is 5.02. The van der Waals surface area contributed by atoms with Gasteiger partial charge in [-0.1, -0.05) is 23.7 Å². The van der Waals surface area contributed by atoms with E-state index in [4.69, 9.17) is 16.3 Å². The van der Waals surface area contributed by atoms with E-state index in [0.29, 0.717) is 16.9 Å². The van der Waals surface area contributed by atoms with Gasteiger partial charge in [0.25, 0.3) is 0 Å².